The summed E-state index contributed by atoms with van der Waals surface area (Å²) in [6, 6.07) is 8.15. The molecule has 6 N–H and O–H groups in total. The Labute approximate surface area is 161 Å². The molecular weight excluding hydrogens is 358 g/mol. The first kappa shape index (κ1) is 18.5. The Hall–Kier alpha value is -4.31. The summed E-state index contributed by atoms with van der Waals surface area (Å²) in [7, 11) is 3.34. The van der Waals surface area contributed by atoms with Gasteiger partial charge in [-0.05, 0) is 17.7 Å². The van der Waals surface area contributed by atoms with E-state index in [0.717, 1.165) is 0 Å². The monoisotopic (exact) mass is 375 g/mol. The first-order valence-corrected chi connectivity index (χ1v) is 8.17. The molecule has 10 heteroatoms. The molecule has 1 aliphatic heterocycles. The third-order valence-corrected chi connectivity index (χ3v) is 4.24. The predicted octanol–water partition coefficient (Wildman–Crippen LogP) is 0.761. The molecule has 0 saturated heterocycles. The number of nitrogens with one attached hydrogen (secondary N) is 2. The molecule has 0 fully saturated rings. The van der Waals surface area contributed by atoms with E-state index in [1.807, 2.05) is 6.07 Å². The van der Waals surface area contributed by atoms with Crippen LogP contribution in [0.1, 0.15) is 33.1 Å². The minimum Gasteiger partial charge on any atom is -0.397 e. The number of carbonyl (C=O) groups excluding carboxylic acids is 1. The molecule has 1 amide bonds. The smallest absolute Gasteiger partial charge is 0.253 e. The Morgan fingerprint density at radius 3 is 2.50 bits per heavy atom. The number of amides is 1. The maximum absolute atomic E-state index is 12.1. The van der Waals surface area contributed by atoms with Crippen LogP contribution in [0.25, 0.3) is 0 Å². The molecule has 2 aromatic rings. The van der Waals surface area contributed by atoms with Gasteiger partial charge < -0.3 is 21.7 Å². The molecular formula is C18H17N9O. The Bertz CT molecular complexity index is 1060. The fraction of sp³-hybridized carbons (Fsp3) is 0.167. The van der Waals surface area contributed by atoms with E-state index >= 15 is 0 Å². The van der Waals surface area contributed by atoms with E-state index < -0.39 is 6.04 Å². The first-order valence-electron chi connectivity index (χ1n) is 8.17. The minimum atomic E-state index is -0.643. The van der Waals surface area contributed by atoms with Crippen LogP contribution in [0.4, 0.5) is 17.3 Å². The molecule has 1 aromatic carbocycles. The van der Waals surface area contributed by atoms with Gasteiger partial charge in [0.05, 0.1) is 5.69 Å². The number of hydrogen-bond donors (Lipinski definition) is 4. The zero-order chi connectivity index (χ0) is 20.4. The number of carbonyl (C=O) groups is 1. The number of rotatable bonds is 2. The minimum absolute atomic E-state index is 0.0184. The van der Waals surface area contributed by atoms with Crippen molar-refractivity contribution in [3.8, 4) is 12.3 Å². The molecule has 0 bridgehead atoms. The van der Waals surface area contributed by atoms with Gasteiger partial charge in [0.1, 0.15) is 29.3 Å². The fourth-order valence-electron chi connectivity index (χ4n) is 2.89. The van der Waals surface area contributed by atoms with Crippen molar-refractivity contribution in [2.45, 2.75) is 6.04 Å². The van der Waals surface area contributed by atoms with E-state index in [0.29, 0.717) is 22.5 Å². The zero-order valence-corrected chi connectivity index (χ0v) is 15.2. The number of pyridine rings is 1. The van der Waals surface area contributed by atoms with Gasteiger partial charge in [-0.1, -0.05) is 12.1 Å². The number of nitrogens with zero attached hydrogens (tertiary/aromatic N) is 5. The van der Waals surface area contributed by atoms with Crippen LogP contribution in [0.3, 0.4) is 0 Å². The van der Waals surface area contributed by atoms with Crippen LogP contribution in [0.15, 0.2) is 29.3 Å². The van der Waals surface area contributed by atoms with Gasteiger partial charge in [0, 0.05) is 25.2 Å². The normalized spacial score (nSPS) is 14.6. The van der Waals surface area contributed by atoms with Crippen molar-refractivity contribution in [1.29, 1.82) is 10.5 Å². The summed E-state index contributed by atoms with van der Waals surface area (Å²) in [5, 5.41) is 23.6. The number of aromatic nitrogens is 1. The molecule has 0 saturated carbocycles. The predicted molar refractivity (Wildman–Crippen MR) is 104 cm³/mol. The quantitative estimate of drug-likeness (QED) is 0.440. The highest BCUT2D eigenvalue weighted by Crippen LogP contribution is 2.40. The molecule has 2 heterocycles. The summed E-state index contributed by atoms with van der Waals surface area (Å²) in [5.41, 5.74) is 13.9. The van der Waals surface area contributed by atoms with Gasteiger partial charge in [0.2, 0.25) is 5.96 Å². The van der Waals surface area contributed by atoms with Crippen molar-refractivity contribution in [3.63, 3.8) is 0 Å². The molecule has 0 spiro atoms. The molecule has 1 unspecified atom stereocenters. The molecule has 1 atom stereocenters. The second-order valence-corrected chi connectivity index (χ2v) is 6.22. The van der Waals surface area contributed by atoms with Crippen LogP contribution >= 0.6 is 0 Å². The summed E-state index contributed by atoms with van der Waals surface area (Å²) >= 11 is 0. The van der Waals surface area contributed by atoms with E-state index in [2.05, 4.69) is 20.6 Å². The van der Waals surface area contributed by atoms with Crippen molar-refractivity contribution >= 4 is 29.2 Å². The highest BCUT2D eigenvalue weighted by molar-refractivity contribution is 5.98. The van der Waals surface area contributed by atoms with Crippen molar-refractivity contribution in [3.05, 3.63) is 46.5 Å². The van der Waals surface area contributed by atoms with Gasteiger partial charge in [-0.3, -0.25) is 10.1 Å². The number of nitrogens with two attached hydrogens (primary N) is 2. The number of benzene rings is 1. The summed E-state index contributed by atoms with van der Waals surface area (Å²) < 4.78 is 0. The number of nitrogen functional groups attached to an aromatic ring is 2. The van der Waals surface area contributed by atoms with Crippen molar-refractivity contribution in [1.82, 2.24) is 15.2 Å². The lowest BCUT2D eigenvalue weighted by Gasteiger charge is -2.26. The van der Waals surface area contributed by atoms with Crippen LogP contribution in [0.2, 0.25) is 0 Å². The maximum Gasteiger partial charge on any atom is 0.253 e. The molecule has 1 aromatic heterocycles. The van der Waals surface area contributed by atoms with E-state index in [-0.39, 0.29) is 28.9 Å². The standard InChI is InChI=1S/C18H17N9O/c1-27(2)17(28)10-5-3-9(4-6-10)14-12-13(21)11(7-19)15(22)25-16(12)26-18(24-14)23-8-20/h3-6,14H,1-2H3,(H6,21,22,23,24,25,26). The molecule has 1 aliphatic rings. The summed E-state index contributed by atoms with van der Waals surface area (Å²) in [4.78, 5) is 22.2. The lowest BCUT2D eigenvalue weighted by molar-refractivity contribution is 0.0827. The third kappa shape index (κ3) is 3.10. The van der Waals surface area contributed by atoms with Gasteiger partial charge in [0.25, 0.3) is 5.91 Å². The molecule has 0 radical (unpaired) electrons. The Morgan fingerprint density at radius 2 is 1.93 bits per heavy atom. The third-order valence-electron chi connectivity index (χ3n) is 4.24. The van der Waals surface area contributed by atoms with E-state index in [1.165, 1.54) is 4.90 Å². The number of hydrogen-bond acceptors (Lipinski definition) is 9. The molecule has 140 valence electrons. The average Bonchev–Trinajstić information content (AvgIpc) is 2.67. The second-order valence-electron chi connectivity index (χ2n) is 6.22. The highest BCUT2D eigenvalue weighted by atomic mass is 16.2. The lowest BCUT2D eigenvalue weighted by Crippen LogP contribution is -2.32. The van der Waals surface area contributed by atoms with Crippen LogP contribution in [-0.2, 0) is 0 Å². The van der Waals surface area contributed by atoms with Crippen molar-refractivity contribution < 1.29 is 4.79 Å². The Morgan fingerprint density at radius 1 is 1.25 bits per heavy atom. The average molecular weight is 375 g/mol. The summed E-state index contributed by atoms with van der Waals surface area (Å²) in [5.74, 6) is 0.327. The highest BCUT2D eigenvalue weighted by Gasteiger charge is 2.29. The van der Waals surface area contributed by atoms with Gasteiger partial charge >= 0.3 is 0 Å². The van der Waals surface area contributed by atoms with Crippen LogP contribution in [0.5, 0.6) is 0 Å². The molecule has 0 aliphatic carbocycles. The van der Waals surface area contributed by atoms with Crippen LogP contribution in [0, 0.1) is 22.8 Å². The van der Waals surface area contributed by atoms with E-state index in [1.54, 1.807) is 44.6 Å². The molecule has 3 rings (SSSR count). The van der Waals surface area contributed by atoms with Gasteiger partial charge in [-0.2, -0.15) is 10.5 Å². The Kier molecular flexibility index (Phi) is 4.71. The lowest BCUT2D eigenvalue weighted by atomic mass is 9.94. The number of fused-ring (bicyclic) bond motifs is 1. The summed E-state index contributed by atoms with van der Waals surface area (Å²) in [6.45, 7) is 0. The number of anilines is 3. The van der Waals surface area contributed by atoms with Crippen LogP contribution < -0.4 is 22.1 Å². The zero-order valence-electron chi connectivity index (χ0n) is 15.2. The Balaban J connectivity index is 2.14. The van der Waals surface area contributed by atoms with Crippen molar-refractivity contribution in [2.75, 3.05) is 30.9 Å². The molecule has 28 heavy (non-hydrogen) atoms. The largest absolute Gasteiger partial charge is 0.397 e. The number of guanidine groups is 1. The maximum atomic E-state index is 12.1. The first-order chi connectivity index (χ1) is 13.4. The van der Waals surface area contributed by atoms with Gasteiger partial charge in [0.15, 0.2) is 6.19 Å². The van der Waals surface area contributed by atoms with E-state index in [9.17, 15) is 10.1 Å². The molecule has 10 nitrogen and oxygen atoms in total. The van der Waals surface area contributed by atoms with Crippen LogP contribution in [-0.4, -0.2) is 35.8 Å². The van der Waals surface area contributed by atoms with Gasteiger partial charge in [-0.15, -0.1) is 0 Å². The second kappa shape index (κ2) is 7.13. The number of nitriles is 2. The SMILES string of the molecule is CN(C)C(=O)c1ccc(C2N=C(NC#N)Nc3nc(N)c(C#N)c(N)c32)cc1. The number of aliphatic imine (C=N–C) groups is 1. The van der Waals surface area contributed by atoms with Gasteiger partial charge in [-0.25, -0.2) is 9.98 Å². The summed E-state index contributed by atoms with van der Waals surface area (Å²) in [6.07, 6.45) is 1.79. The topological polar surface area (TPSA) is 169 Å². The van der Waals surface area contributed by atoms with Crippen molar-refractivity contribution in [2.24, 2.45) is 4.99 Å². The fourth-order valence-corrected chi connectivity index (χ4v) is 2.89. The van der Waals surface area contributed by atoms with E-state index in [4.69, 9.17) is 16.7 Å².